The van der Waals surface area contributed by atoms with E-state index in [-0.39, 0.29) is 10.8 Å². The maximum atomic E-state index is 12.1. The van der Waals surface area contributed by atoms with Gasteiger partial charge in [0, 0.05) is 34.3 Å². The Morgan fingerprint density at radius 3 is 2.58 bits per heavy atom. The quantitative estimate of drug-likeness (QED) is 0.750. The van der Waals surface area contributed by atoms with Crippen molar-refractivity contribution in [3.8, 4) is 0 Å². The summed E-state index contributed by atoms with van der Waals surface area (Å²) in [6, 6.07) is 4.37. The smallest absolute Gasteiger partial charge is 0.262 e. The zero-order chi connectivity index (χ0) is 14.6. The fraction of sp³-hybridized carbons (Fsp3) is 0.417. The molecule has 0 fully saturated rings. The molecular weight excluding hydrogens is 354 g/mol. The zero-order valence-corrected chi connectivity index (χ0v) is 13.8. The summed E-state index contributed by atoms with van der Waals surface area (Å²) in [6.45, 7) is 2.67. The van der Waals surface area contributed by atoms with E-state index in [1.54, 1.807) is 18.0 Å². The number of rotatable bonds is 5. The molecule has 0 aromatic heterocycles. The highest BCUT2D eigenvalue weighted by Crippen LogP contribution is 2.26. The molecule has 0 saturated heterocycles. The summed E-state index contributed by atoms with van der Waals surface area (Å²) in [6.07, 6.45) is 1.89. The Kier molecular flexibility index (Phi) is 5.82. The van der Waals surface area contributed by atoms with Crippen LogP contribution in [0.15, 0.2) is 27.6 Å². The van der Waals surface area contributed by atoms with Crippen molar-refractivity contribution in [2.75, 3.05) is 13.6 Å². The van der Waals surface area contributed by atoms with E-state index in [9.17, 15) is 13.2 Å². The zero-order valence-electron chi connectivity index (χ0n) is 10.7. The van der Waals surface area contributed by atoms with Crippen LogP contribution in [0.2, 0.25) is 0 Å². The van der Waals surface area contributed by atoms with Gasteiger partial charge in [-0.15, -0.1) is 0 Å². The number of amides is 1. The number of carbonyl (C=O) groups excluding carboxylic acids is 1. The Morgan fingerprint density at radius 1 is 1.42 bits per heavy atom. The van der Waals surface area contributed by atoms with E-state index in [4.69, 9.17) is 10.7 Å². The monoisotopic (exact) mass is 367 g/mol. The standard InChI is InChI=1S/C12H15BrClNO3S/c1-3-4-7-15(2)12(16)9-5-6-10(13)11(8-9)19(14,17)18/h5-6,8H,3-4,7H2,1-2H3. The Balaban J connectivity index is 3.06. The summed E-state index contributed by atoms with van der Waals surface area (Å²) in [5, 5.41) is 0. The van der Waals surface area contributed by atoms with Crippen LogP contribution in [0.4, 0.5) is 0 Å². The summed E-state index contributed by atoms with van der Waals surface area (Å²) in [7, 11) is 3.13. The van der Waals surface area contributed by atoms with Crippen LogP contribution in [0.25, 0.3) is 0 Å². The Morgan fingerprint density at radius 2 is 2.05 bits per heavy atom. The van der Waals surface area contributed by atoms with E-state index >= 15 is 0 Å². The molecule has 106 valence electrons. The molecule has 1 aromatic rings. The average molecular weight is 369 g/mol. The molecule has 0 heterocycles. The van der Waals surface area contributed by atoms with Gasteiger partial charge in [0.1, 0.15) is 0 Å². The fourth-order valence-electron chi connectivity index (χ4n) is 1.54. The number of carbonyl (C=O) groups is 1. The fourth-order valence-corrected chi connectivity index (χ4v) is 3.66. The Labute approximate surface area is 126 Å². The van der Waals surface area contributed by atoms with Crippen LogP contribution in [0.5, 0.6) is 0 Å². The lowest BCUT2D eigenvalue weighted by molar-refractivity contribution is 0.0793. The minimum atomic E-state index is -3.88. The summed E-state index contributed by atoms with van der Waals surface area (Å²) >= 11 is 3.11. The van der Waals surface area contributed by atoms with Gasteiger partial charge in [-0.1, -0.05) is 13.3 Å². The molecule has 1 amide bonds. The molecular formula is C12H15BrClNO3S. The molecule has 0 aliphatic heterocycles. The third-order valence-electron chi connectivity index (χ3n) is 2.63. The van der Waals surface area contributed by atoms with E-state index in [1.165, 1.54) is 12.1 Å². The lowest BCUT2D eigenvalue weighted by Gasteiger charge is -2.17. The normalized spacial score (nSPS) is 11.4. The molecule has 0 spiro atoms. The first-order valence-electron chi connectivity index (χ1n) is 5.77. The molecule has 1 rings (SSSR count). The van der Waals surface area contributed by atoms with Gasteiger partial charge in [0.2, 0.25) is 0 Å². The van der Waals surface area contributed by atoms with Gasteiger partial charge in [0.25, 0.3) is 15.0 Å². The molecule has 7 heteroatoms. The molecule has 0 unspecified atom stereocenters. The average Bonchev–Trinajstić information content (AvgIpc) is 2.34. The number of hydrogen-bond donors (Lipinski definition) is 0. The van der Waals surface area contributed by atoms with Crippen molar-refractivity contribution >= 4 is 41.6 Å². The van der Waals surface area contributed by atoms with E-state index in [0.717, 1.165) is 12.8 Å². The largest absolute Gasteiger partial charge is 0.342 e. The van der Waals surface area contributed by atoms with Crippen LogP contribution in [0, 0.1) is 0 Å². The maximum absolute atomic E-state index is 12.1. The first-order chi connectivity index (χ1) is 8.77. The molecule has 1 aromatic carbocycles. The van der Waals surface area contributed by atoms with Crippen molar-refractivity contribution in [2.45, 2.75) is 24.7 Å². The van der Waals surface area contributed by atoms with Crippen LogP contribution in [-0.2, 0) is 9.05 Å². The van der Waals surface area contributed by atoms with Crippen LogP contribution < -0.4 is 0 Å². The van der Waals surface area contributed by atoms with Gasteiger partial charge in [-0.3, -0.25) is 4.79 Å². The highest BCUT2D eigenvalue weighted by Gasteiger charge is 2.19. The first kappa shape index (κ1) is 16.5. The van der Waals surface area contributed by atoms with Gasteiger partial charge < -0.3 is 4.90 Å². The van der Waals surface area contributed by atoms with Crippen LogP contribution in [0.3, 0.4) is 0 Å². The van der Waals surface area contributed by atoms with Gasteiger partial charge in [-0.25, -0.2) is 8.42 Å². The predicted molar refractivity (Wildman–Crippen MR) is 79.0 cm³/mol. The molecule has 0 aliphatic rings. The molecule has 0 saturated carbocycles. The summed E-state index contributed by atoms with van der Waals surface area (Å²) in [5.41, 5.74) is 0.307. The number of hydrogen-bond acceptors (Lipinski definition) is 3. The van der Waals surface area contributed by atoms with Crippen molar-refractivity contribution in [1.82, 2.24) is 4.90 Å². The van der Waals surface area contributed by atoms with Crippen molar-refractivity contribution < 1.29 is 13.2 Å². The Bertz CT molecular complexity index is 574. The third-order valence-corrected chi connectivity index (χ3v) is 4.95. The van der Waals surface area contributed by atoms with E-state index in [1.807, 2.05) is 6.92 Å². The minimum absolute atomic E-state index is 0.0936. The van der Waals surface area contributed by atoms with Crippen molar-refractivity contribution in [3.63, 3.8) is 0 Å². The predicted octanol–water partition coefficient (Wildman–Crippen LogP) is 3.25. The molecule has 0 radical (unpaired) electrons. The van der Waals surface area contributed by atoms with Crippen LogP contribution in [-0.4, -0.2) is 32.8 Å². The number of unbranched alkanes of at least 4 members (excludes halogenated alkanes) is 1. The third kappa shape index (κ3) is 4.47. The van der Waals surface area contributed by atoms with Gasteiger partial charge in [-0.2, -0.15) is 0 Å². The molecule has 0 aliphatic carbocycles. The summed E-state index contributed by atoms with van der Waals surface area (Å²) in [5.74, 6) is -0.220. The second-order valence-electron chi connectivity index (χ2n) is 4.16. The molecule has 4 nitrogen and oxygen atoms in total. The second-order valence-corrected chi connectivity index (χ2v) is 7.55. The van der Waals surface area contributed by atoms with Gasteiger partial charge in [0.15, 0.2) is 0 Å². The van der Waals surface area contributed by atoms with Gasteiger partial charge >= 0.3 is 0 Å². The second kappa shape index (κ2) is 6.72. The van der Waals surface area contributed by atoms with Crippen molar-refractivity contribution in [2.24, 2.45) is 0 Å². The Hall–Kier alpha value is -0.590. The highest BCUT2D eigenvalue weighted by atomic mass is 79.9. The minimum Gasteiger partial charge on any atom is -0.342 e. The van der Waals surface area contributed by atoms with Gasteiger partial charge in [0.05, 0.1) is 4.90 Å². The van der Waals surface area contributed by atoms with E-state index in [0.29, 0.717) is 16.6 Å². The topological polar surface area (TPSA) is 54.5 Å². The number of nitrogens with zero attached hydrogens (tertiary/aromatic N) is 1. The van der Waals surface area contributed by atoms with E-state index < -0.39 is 9.05 Å². The lowest BCUT2D eigenvalue weighted by atomic mass is 10.2. The van der Waals surface area contributed by atoms with Crippen LogP contribution >= 0.6 is 26.6 Å². The number of benzene rings is 1. The lowest BCUT2D eigenvalue weighted by Crippen LogP contribution is -2.27. The maximum Gasteiger partial charge on any atom is 0.262 e. The summed E-state index contributed by atoms with van der Waals surface area (Å²) in [4.78, 5) is 13.6. The number of halogens is 2. The highest BCUT2D eigenvalue weighted by molar-refractivity contribution is 9.10. The SMILES string of the molecule is CCCCN(C)C(=O)c1ccc(Br)c(S(=O)(=O)Cl)c1. The molecule has 0 bridgehead atoms. The van der Waals surface area contributed by atoms with Crippen LogP contribution in [0.1, 0.15) is 30.1 Å². The molecule has 0 N–H and O–H groups in total. The molecule has 0 atom stereocenters. The molecule has 19 heavy (non-hydrogen) atoms. The van der Waals surface area contributed by atoms with Crippen molar-refractivity contribution in [3.05, 3.63) is 28.2 Å². The van der Waals surface area contributed by atoms with Gasteiger partial charge in [-0.05, 0) is 40.5 Å². The van der Waals surface area contributed by atoms with E-state index in [2.05, 4.69) is 15.9 Å². The summed E-state index contributed by atoms with van der Waals surface area (Å²) < 4.78 is 23.1. The van der Waals surface area contributed by atoms with Crippen molar-refractivity contribution in [1.29, 1.82) is 0 Å². The first-order valence-corrected chi connectivity index (χ1v) is 8.87.